The van der Waals surface area contributed by atoms with E-state index in [1.54, 1.807) is 18.2 Å². The molecule has 2 heteroatoms. The third kappa shape index (κ3) is 4.21. The normalized spacial score (nSPS) is 16.2. The van der Waals surface area contributed by atoms with Gasteiger partial charge in [0.05, 0.1) is 12.3 Å². The van der Waals surface area contributed by atoms with Crippen molar-refractivity contribution in [2.24, 2.45) is 0 Å². The van der Waals surface area contributed by atoms with Gasteiger partial charge in [-0.05, 0) is 54.2 Å². The molecule has 0 saturated heterocycles. The molecule has 0 aliphatic carbocycles. The van der Waals surface area contributed by atoms with Crippen LogP contribution in [0.5, 0.6) is 23.0 Å². The molecule has 0 aromatic heterocycles. The van der Waals surface area contributed by atoms with Gasteiger partial charge in [0.25, 0.3) is 0 Å². The summed E-state index contributed by atoms with van der Waals surface area (Å²) in [5, 5.41) is 0. The summed E-state index contributed by atoms with van der Waals surface area (Å²) >= 11 is 0. The number of ether oxygens (including phenoxy) is 2. The van der Waals surface area contributed by atoms with Crippen molar-refractivity contribution in [3.63, 3.8) is 0 Å². The van der Waals surface area contributed by atoms with E-state index < -0.39 is 41.7 Å². The first-order valence-electron chi connectivity index (χ1n) is 12.3. The largest absolute Gasteiger partial charge is 0.457 e. The molecule has 0 aliphatic rings. The van der Waals surface area contributed by atoms with Crippen LogP contribution in [-0.4, -0.2) is 0 Å². The summed E-state index contributed by atoms with van der Waals surface area (Å²) in [6.45, 7) is 7.10. The summed E-state index contributed by atoms with van der Waals surface area (Å²) in [6, 6.07) is 1.08. The zero-order valence-electron chi connectivity index (χ0n) is 23.5. The molecule has 0 atom stereocenters. The van der Waals surface area contributed by atoms with E-state index >= 15 is 0 Å². The lowest BCUT2D eigenvalue weighted by Gasteiger charge is -2.25. The van der Waals surface area contributed by atoms with E-state index in [0.29, 0.717) is 5.56 Å². The molecule has 2 nitrogen and oxygen atoms in total. The van der Waals surface area contributed by atoms with E-state index in [9.17, 15) is 0 Å². The lowest BCUT2D eigenvalue weighted by Crippen LogP contribution is -2.14. The van der Waals surface area contributed by atoms with Gasteiger partial charge in [-0.25, -0.2) is 0 Å². The Balaban J connectivity index is 2.21. The summed E-state index contributed by atoms with van der Waals surface area (Å²) in [5.41, 5.74) is 0.0530. The van der Waals surface area contributed by atoms with Crippen LogP contribution in [0.25, 0.3) is 0 Å². The van der Waals surface area contributed by atoms with Crippen molar-refractivity contribution in [1.29, 1.82) is 0 Å². The van der Waals surface area contributed by atoms with Crippen molar-refractivity contribution in [2.75, 3.05) is 0 Å². The van der Waals surface area contributed by atoms with Crippen LogP contribution in [-0.2, 0) is 5.41 Å². The van der Waals surface area contributed by atoms with Crippen LogP contribution in [0.1, 0.15) is 44.2 Å². The molecule has 0 saturated carbocycles. The van der Waals surface area contributed by atoms with Gasteiger partial charge in [0, 0.05) is 5.56 Å². The third-order valence-electron chi connectivity index (χ3n) is 3.37. The number of hydrogen-bond donors (Lipinski definition) is 0. The Kier molecular flexibility index (Phi) is 2.55. The number of para-hydroxylation sites is 1. The van der Waals surface area contributed by atoms with Gasteiger partial charge in [-0.2, -0.15) is 0 Å². The van der Waals surface area contributed by atoms with Gasteiger partial charge in [-0.3, -0.25) is 0 Å². The van der Waals surface area contributed by atoms with E-state index in [-0.39, 0.29) is 46.7 Å². The first-order valence-corrected chi connectivity index (χ1v) is 7.81. The fourth-order valence-electron chi connectivity index (χ4n) is 2.40. The number of hydrogen-bond acceptors (Lipinski definition) is 2. The van der Waals surface area contributed by atoms with Crippen LogP contribution in [0.3, 0.4) is 0 Å². The second-order valence-corrected chi connectivity index (χ2v) is 6.49. The lowest BCUT2D eigenvalue weighted by molar-refractivity contribution is 0.421. The Hall–Kier alpha value is -2.74. The average molecular weight is 341 g/mol. The molecule has 0 heterocycles. The molecule has 3 aromatic carbocycles. The van der Waals surface area contributed by atoms with Crippen LogP contribution >= 0.6 is 0 Å². The SMILES string of the molecule is [2H]c1c([2H])c([2H])c(Oc2cccc(Oc3c([2H])c([2H])c([2H])c(C)c3[2H])c2C(C)(C)C)c([2H])c1[2H]. The van der Waals surface area contributed by atoms with E-state index in [1.807, 2.05) is 20.8 Å². The molecule has 0 aliphatic heterocycles. The van der Waals surface area contributed by atoms with Gasteiger partial charge < -0.3 is 9.47 Å². The summed E-state index contributed by atoms with van der Waals surface area (Å²) in [4.78, 5) is 0. The van der Waals surface area contributed by atoms with Crippen LogP contribution in [0.4, 0.5) is 0 Å². The molecule has 0 spiro atoms. The predicted molar refractivity (Wildman–Crippen MR) is 103 cm³/mol. The van der Waals surface area contributed by atoms with Gasteiger partial charge in [0.2, 0.25) is 0 Å². The van der Waals surface area contributed by atoms with E-state index in [1.165, 1.54) is 6.92 Å². The van der Waals surface area contributed by atoms with Crippen LogP contribution in [0.2, 0.25) is 0 Å². The highest BCUT2D eigenvalue weighted by Gasteiger charge is 2.25. The topological polar surface area (TPSA) is 18.5 Å². The maximum absolute atomic E-state index is 8.32. The van der Waals surface area contributed by atoms with Crippen molar-refractivity contribution in [1.82, 2.24) is 0 Å². The molecule has 25 heavy (non-hydrogen) atoms. The standard InChI is InChI=1S/C23H24O2/c1-17-10-8-13-19(16-17)25-21-15-9-14-20(22(21)23(2,3)4)24-18-11-6-5-7-12-18/h5-16H,1-4H3/i5D,6D,7D,8D,10D,11D,12D,13D,16D. The van der Waals surface area contributed by atoms with Crippen LogP contribution in [0, 0.1) is 6.92 Å². The van der Waals surface area contributed by atoms with Gasteiger partial charge in [-0.15, -0.1) is 0 Å². The molecule has 0 unspecified atom stereocenters. The number of benzene rings is 3. The van der Waals surface area contributed by atoms with Gasteiger partial charge >= 0.3 is 0 Å². The van der Waals surface area contributed by atoms with Crippen molar-refractivity contribution in [3.05, 3.63) is 83.7 Å². The Morgan fingerprint density at radius 1 is 0.800 bits per heavy atom. The molecule has 0 radical (unpaired) electrons. The molecule has 128 valence electrons. The van der Waals surface area contributed by atoms with Crippen molar-refractivity contribution >= 4 is 0 Å². The minimum absolute atomic E-state index is 0.177. The van der Waals surface area contributed by atoms with Gasteiger partial charge in [0.1, 0.15) is 23.0 Å². The highest BCUT2D eigenvalue weighted by atomic mass is 16.5. The minimum atomic E-state index is -0.627. The molecular weight excluding hydrogens is 308 g/mol. The second-order valence-electron chi connectivity index (χ2n) is 6.49. The Morgan fingerprint density at radius 3 is 2.04 bits per heavy atom. The first-order chi connectivity index (χ1) is 15.7. The molecule has 0 N–H and O–H groups in total. The summed E-state index contributed by atoms with van der Waals surface area (Å²) in [7, 11) is 0. The molecular formula is C23H24O2. The summed E-state index contributed by atoms with van der Waals surface area (Å²) in [6.07, 6.45) is 0. The smallest absolute Gasteiger partial charge is 0.134 e. The fraction of sp³-hybridized carbons (Fsp3) is 0.217. The minimum Gasteiger partial charge on any atom is -0.457 e. The monoisotopic (exact) mass is 341 g/mol. The van der Waals surface area contributed by atoms with Crippen LogP contribution < -0.4 is 9.47 Å². The maximum Gasteiger partial charge on any atom is 0.134 e. The molecule has 3 rings (SSSR count). The van der Waals surface area contributed by atoms with Crippen molar-refractivity contribution in [3.8, 4) is 23.0 Å². The van der Waals surface area contributed by atoms with E-state index in [0.717, 1.165) is 0 Å². The Bertz CT molecular complexity index is 1150. The average Bonchev–Trinajstić information content (AvgIpc) is 2.78. The zero-order valence-corrected chi connectivity index (χ0v) is 14.5. The lowest BCUT2D eigenvalue weighted by atomic mass is 9.85. The Labute approximate surface area is 162 Å². The summed E-state index contributed by atoms with van der Waals surface area (Å²) < 4.78 is 84.1. The summed E-state index contributed by atoms with van der Waals surface area (Å²) in [5.74, 6) is -0.111. The molecule has 0 amide bonds. The fourth-order valence-corrected chi connectivity index (χ4v) is 2.40. The third-order valence-corrected chi connectivity index (χ3v) is 3.37. The first kappa shape index (κ1) is 9.10. The van der Waals surface area contributed by atoms with E-state index in [4.69, 9.17) is 21.8 Å². The number of rotatable bonds is 4. The quantitative estimate of drug-likeness (QED) is 0.515. The predicted octanol–water partition coefficient (Wildman–Crippen LogP) is 6.88. The van der Waals surface area contributed by atoms with Crippen molar-refractivity contribution in [2.45, 2.75) is 33.1 Å². The van der Waals surface area contributed by atoms with Crippen LogP contribution in [0.15, 0.2) is 72.6 Å². The van der Waals surface area contributed by atoms with Gasteiger partial charge in [-0.1, -0.05) is 57.0 Å². The van der Waals surface area contributed by atoms with Gasteiger partial charge in [0.15, 0.2) is 0 Å². The molecule has 0 bridgehead atoms. The molecule has 3 aromatic rings. The molecule has 0 fully saturated rings. The highest BCUT2D eigenvalue weighted by molar-refractivity contribution is 5.52. The maximum atomic E-state index is 8.32. The van der Waals surface area contributed by atoms with E-state index in [2.05, 4.69) is 0 Å². The van der Waals surface area contributed by atoms with Crippen molar-refractivity contribution < 1.29 is 21.8 Å². The Morgan fingerprint density at radius 2 is 1.40 bits per heavy atom. The second kappa shape index (κ2) is 7.02. The highest BCUT2D eigenvalue weighted by Crippen LogP contribution is 2.42. The zero-order chi connectivity index (χ0) is 25.7.